The van der Waals surface area contributed by atoms with Crippen LogP contribution in [0.25, 0.3) is 11.0 Å². The number of halogens is 3. The summed E-state index contributed by atoms with van der Waals surface area (Å²) in [7, 11) is 1.85. The molecule has 1 aromatic carbocycles. The summed E-state index contributed by atoms with van der Waals surface area (Å²) < 4.78 is 42.1. The van der Waals surface area contributed by atoms with Crippen molar-refractivity contribution in [3.63, 3.8) is 0 Å². The van der Waals surface area contributed by atoms with Gasteiger partial charge in [-0.1, -0.05) is 24.3 Å². The number of carbonyl (C=O) groups excluding carboxylic acids is 1. The molecule has 4 rings (SSSR count). The van der Waals surface area contributed by atoms with Gasteiger partial charge >= 0.3 is 6.18 Å². The van der Waals surface area contributed by atoms with E-state index in [0.717, 1.165) is 21.0 Å². The van der Waals surface area contributed by atoms with Gasteiger partial charge in [-0.25, -0.2) is 15.0 Å². The van der Waals surface area contributed by atoms with Gasteiger partial charge in [-0.2, -0.15) is 13.2 Å². The molecule has 34 heavy (non-hydrogen) atoms. The number of alkyl halides is 3. The Labute approximate surface area is 198 Å². The number of pyridine rings is 1. The topological polar surface area (TPSA) is 72.7 Å². The number of nitrogens with zero attached hydrogens (tertiary/aromatic N) is 4. The highest BCUT2D eigenvalue weighted by Gasteiger charge is 2.48. The number of hydrogen-bond donors (Lipinski definition) is 1. The zero-order chi connectivity index (χ0) is 24.7. The van der Waals surface area contributed by atoms with Crippen molar-refractivity contribution in [2.75, 3.05) is 0 Å². The molecule has 178 valence electrons. The van der Waals surface area contributed by atoms with Crippen LogP contribution in [0.3, 0.4) is 0 Å². The first-order valence-corrected chi connectivity index (χ1v) is 11.5. The second kappa shape index (κ2) is 8.83. The first kappa shape index (κ1) is 23.9. The van der Waals surface area contributed by atoms with E-state index in [1.54, 1.807) is 43.0 Å². The van der Waals surface area contributed by atoms with E-state index in [1.165, 1.54) is 31.3 Å². The van der Waals surface area contributed by atoms with Crippen LogP contribution in [0.2, 0.25) is 0 Å². The van der Waals surface area contributed by atoms with Gasteiger partial charge in [0.25, 0.3) is 5.91 Å². The molecular formula is C24H24F3N5OS. The van der Waals surface area contributed by atoms with Crippen molar-refractivity contribution in [2.24, 2.45) is 7.05 Å². The van der Waals surface area contributed by atoms with Crippen molar-refractivity contribution in [1.29, 1.82) is 0 Å². The molecule has 0 saturated carbocycles. The maximum absolute atomic E-state index is 13.4. The van der Waals surface area contributed by atoms with E-state index in [1.807, 2.05) is 18.5 Å². The second-order valence-corrected chi connectivity index (χ2v) is 9.91. The second-order valence-electron chi connectivity index (χ2n) is 8.77. The maximum Gasteiger partial charge on any atom is 0.397 e. The molecule has 1 amide bonds. The Morgan fingerprint density at radius 3 is 2.65 bits per heavy atom. The van der Waals surface area contributed by atoms with Crippen molar-refractivity contribution in [3.8, 4) is 0 Å². The molecule has 0 radical (unpaired) electrons. The molecule has 3 heterocycles. The fourth-order valence-electron chi connectivity index (χ4n) is 3.51. The summed E-state index contributed by atoms with van der Waals surface area (Å²) in [5.74, 6) is -0.312. The number of fused-ring (bicyclic) bond motifs is 1. The normalized spacial score (nSPS) is 13.3. The quantitative estimate of drug-likeness (QED) is 0.398. The van der Waals surface area contributed by atoms with E-state index in [2.05, 4.69) is 20.3 Å². The highest BCUT2D eigenvalue weighted by Crippen LogP contribution is 2.40. The van der Waals surface area contributed by atoms with Crippen LogP contribution in [0, 0.1) is 0 Å². The molecule has 0 spiro atoms. The van der Waals surface area contributed by atoms with Crippen molar-refractivity contribution in [1.82, 2.24) is 24.8 Å². The van der Waals surface area contributed by atoms with Gasteiger partial charge in [0.15, 0.2) is 0 Å². The van der Waals surface area contributed by atoms with Crippen molar-refractivity contribution >= 4 is 28.3 Å². The molecule has 6 nitrogen and oxygen atoms in total. The summed E-state index contributed by atoms with van der Waals surface area (Å²) in [6.45, 7) is 4.21. The Balaban J connectivity index is 1.45. The molecule has 10 heteroatoms. The van der Waals surface area contributed by atoms with Crippen LogP contribution >= 0.6 is 11.3 Å². The van der Waals surface area contributed by atoms with E-state index < -0.39 is 11.6 Å². The van der Waals surface area contributed by atoms with Crippen LogP contribution in [-0.4, -0.2) is 31.6 Å². The number of aromatic nitrogens is 4. The van der Waals surface area contributed by atoms with Gasteiger partial charge in [-0.05, 0) is 38.0 Å². The third-order valence-electron chi connectivity index (χ3n) is 5.90. The van der Waals surface area contributed by atoms with Gasteiger partial charge < -0.3 is 9.88 Å². The summed E-state index contributed by atoms with van der Waals surface area (Å²) >= 11 is 1.42. The van der Waals surface area contributed by atoms with Crippen LogP contribution in [-0.2, 0) is 18.9 Å². The number of thiazole rings is 1. The predicted octanol–water partition coefficient (Wildman–Crippen LogP) is 5.35. The number of carbonyl (C=O) groups is 1. The van der Waals surface area contributed by atoms with Crippen molar-refractivity contribution in [3.05, 3.63) is 75.8 Å². The molecule has 4 aromatic rings. The molecule has 1 N–H and O–H groups in total. The van der Waals surface area contributed by atoms with Gasteiger partial charge in [-0.3, -0.25) is 4.79 Å². The smallest absolute Gasteiger partial charge is 0.343 e. The Hall–Kier alpha value is -3.27. The lowest BCUT2D eigenvalue weighted by Gasteiger charge is -2.28. The highest BCUT2D eigenvalue weighted by atomic mass is 32.1. The van der Waals surface area contributed by atoms with Crippen LogP contribution in [0.1, 0.15) is 58.3 Å². The van der Waals surface area contributed by atoms with Gasteiger partial charge in [0.1, 0.15) is 11.2 Å². The predicted molar refractivity (Wildman–Crippen MR) is 125 cm³/mol. The summed E-state index contributed by atoms with van der Waals surface area (Å²) in [6, 6.07) is 7.90. The molecule has 3 aromatic heterocycles. The minimum atomic E-state index is -4.34. The zero-order valence-corrected chi connectivity index (χ0v) is 20.0. The molecular weight excluding hydrogens is 463 g/mol. The van der Waals surface area contributed by atoms with Crippen LogP contribution in [0.4, 0.5) is 13.2 Å². The SMILES string of the molecule is CC(NC(=O)c1cc2c(cn1)ncn2C)c1cnc(Cc2cccc(C(C)(C)C(F)(F)F)c2)s1. The molecule has 0 fully saturated rings. The van der Waals surface area contributed by atoms with Crippen LogP contribution in [0.15, 0.2) is 49.1 Å². The number of nitrogens with one attached hydrogen (secondary N) is 1. The number of imidazole rings is 1. The molecule has 1 atom stereocenters. The number of hydrogen-bond acceptors (Lipinski definition) is 5. The number of rotatable bonds is 6. The molecule has 0 aliphatic rings. The fraction of sp³-hybridized carbons (Fsp3) is 0.333. The number of aryl methyl sites for hydroxylation is 1. The Morgan fingerprint density at radius 2 is 1.91 bits per heavy atom. The molecule has 0 saturated heterocycles. The monoisotopic (exact) mass is 487 g/mol. The molecule has 0 aliphatic heterocycles. The minimum absolute atomic E-state index is 0.216. The lowest BCUT2D eigenvalue weighted by Crippen LogP contribution is -2.36. The van der Waals surface area contributed by atoms with Crippen LogP contribution in [0.5, 0.6) is 0 Å². The Bertz CT molecular complexity index is 1340. The summed E-state index contributed by atoms with van der Waals surface area (Å²) in [6.07, 6.45) is 0.977. The highest BCUT2D eigenvalue weighted by molar-refractivity contribution is 7.11. The van der Waals surface area contributed by atoms with Gasteiger partial charge in [0.05, 0.1) is 34.5 Å². The van der Waals surface area contributed by atoms with Gasteiger partial charge in [-0.15, -0.1) is 11.3 Å². The summed E-state index contributed by atoms with van der Waals surface area (Å²) in [5, 5.41) is 3.68. The third kappa shape index (κ3) is 4.68. The lowest BCUT2D eigenvalue weighted by atomic mass is 9.83. The van der Waals surface area contributed by atoms with E-state index in [4.69, 9.17) is 0 Å². The number of benzene rings is 1. The van der Waals surface area contributed by atoms with Gasteiger partial charge in [0.2, 0.25) is 0 Å². The zero-order valence-electron chi connectivity index (χ0n) is 19.1. The summed E-state index contributed by atoms with van der Waals surface area (Å²) in [5.41, 5.74) is 0.832. The van der Waals surface area contributed by atoms with Gasteiger partial charge in [0, 0.05) is 24.5 Å². The van der Waals surface area contributed by atoms with Crippen molar-refractivity contribution < 1.29 is 18.0 Å². The van der Waals surface area contributed by atoms with Crippen molar-refractivity contribution in [2.45, 2.75) is 44.8 Å². The Kier molecular flexibility index (Phi) is 6.20. The average Bonchev–Trinajstić information content (AvgIpc) is 3.40. The average molecular weight is 488 g/mol. The standard InChI is InChI=1S/C24H24F3N5OS/c1-14(31-22(33)17-10-19-18(11-28-17)30-13-32(19)4)20-12-29-21(34-20)9-15-6-5-7-16(8-15)23(2,3)24(25,26)27/h5-8,10-14H,9H2,1-4H3,(H,31,33). The molecule has 1 unspecified atom stereocenters. The molecule has 0 bridgehead atoms. The lowest BCUT2D eigenvalue weighted by molar-refractivity contribution is -0.180. The fourth-order valence-corrected chi connectivity index (χ4v) is 4.47. The largest absolute Gasteiger partial charge is 0.397 e. The summed E-state index contributed by atoms with van der Waals surface area (Å²) in [4.78, 5) is 26.4. The van der Waals surface area contributed by atoms with E-state index in [9.17, 15) is 18.0 Å². The number of amides is 1. The van der Waals surface area contributed by atoms with E-state index in [0.29, 0.717) is 11.9 Å². The minimum Gasteiger partial charge on any atom is -0.343 e. The maximum atomic E-state index is 13.4. The third-order valence-corrected chi connectivity index (χ3v) is 7.08. The first-order chi connectivity index (χ1) is 16.0. The van der Waals surface area contributed by atoms with Crippen LogP contribution < -0.4 is 5.32 Å². The Morgan fingerprint density at radius 1 is 1.15 bits per heavy atom. The molecule has 0 aliphatic carbocycles. The first-order valence-electron chi connectivity index (χ1n) is 10.6. The van der Waals surface area contributed by atoms with E-state index >= 15 is 0 Å². The van der Waals surface area contributed by atoms with E-state index in [-0.39, 0.29) is 23.2 Å².